The van der Waals surface area contributed by atoms with Crippen molar-refractivity contribution in [3.8, 4) is 0 Å². The highest BCUT2D eigenvalue weighted by molar-refractivity contribution is 5.57. The van der Waals surface area contributed by atoms with Crippen molar-refractivity contribution in [3.05, 3.63) is 22.2 Å². The monoisotopic (exact) mass is 266 g/mol. The van der Waals surface area contributed by atoms with Gasteiger partial charge in [0.25, 0.3) is 0 Å². The summed E-state index contributed by atoms with van der Waals surface area (Å²) in [6.07, 6.45) is 3.47. The van der Waals surface area contributed by atoms with Crippen LogP contribution in [0, 0.1) is 16.0 Å². The van der Waals surface area contributed by atoms with Crippen molar-refractivity contribution >= 4 is 17.3 Å². The summed E-state index contributed by atoms with van der Waals surface area (Å²) in [5, 5.41) is 23.2. The molecule has 4 N–H and O–H groups in total. The van der Waals surface area contributed by atoms with E-state index in [9.17, 15) is 15.2 Å². The first-order chi connectivity index (χ1) is 9.06. The van der Waals surface area contributed by atoms with Crippen molar-refractivity contribution in [1.82, 2.24) is 4.98 Å². The third kappa shape index (κ3) is 3.54. The Morgan fingerprint density at radius 3 is 2.68 bits per heavy atom. The molecule has 1 aliphatic rings. The molecule has 1 aliphatic carbocycles. The minimum atomic E-state index is -0.547. The Kier molecular flexibility index (Phi) is 4.16. The second kappa shape index (κ2) is 5.83. The molecule has 0 atom stereocenters. The van der Waals surface area contributed by atoms with Crippen LogP contribution in [-0.4, -0.2) is 27.7 Å². The van der Waals surface area contributed by atoms with Crippen LogP contribution >= 0.6 is 0 Å². The van der Waals surface area contributed by atoms with Crippen molar-refractivity contribution in [2.45, 2.75) is 31.8 Å². The van der Waals surface area contributed by atoms with E-state index in [1.807, 2.05) is 0 Å². The number of hydrogen-bond donors (Lipinski definition) is 3. The van der Waals surface area contributed by atoms with Gasteiger partial charge in [-0.15, -0.1) is 0 Å². The molecule has 1 saturated carbocycles. The number of hydrogen-bond acceptors (Lipinski definition) is 6. The van der Waals surface area contributed by atoms with E-state index < -0.39 is 4.92 Å². The Hall–Kier alpha value is -1.89. The number of aliphatic hydroxyl groups excluding tert-OH is 1. The van der Waals surface area contributed by atoms with Gasteiger partial charge in [0.2, 0.25) is 5.82 Å². The molecule has 7 heteroatoms. The van der Waals surface area contributed by atoms with Gasteiger partial charge in [-0.25, -0.2) is 4.98 Å². The number of nitrogens with zero attached hydrogens (tertiary/aromatic N) is 2. The first-order valence-corrected chi connectivity index (χ1v) is 6.39. The van der Waals surface area contributed by atoms with Crippen molar-refractivity contribution in [1.29, 1.82) is 0 Å². The number of rotatable bonds is 4. The molecule has 0 bridgehead atoms. The lowest BCUT2D eigenvalue weighted by Gasteiger charge is -2.25. The summed E-state index contributed by atoms with van der Waals surface area (Å²) in [6.45, 7) is 0.747. The summed E-state index contributed by atoms with van der Waals surface area (Å²) in [7, 11) is 0. The molecule has 0 aliphatic heterocycles. The van der Waals surface area contributed by atoms with E-state index in [0.717, 1.165) is 32.2 Å². The molecule has 0 aromatic carbocycles. The fraction of sp³-hybridized carbons (Fsp3) is 0.583. The van der Waals surface area contributed by atoms with Crippen LogP contribution in [0.15, 0.2) is 12.1 Å². The minimum absolute atomic E-state index is 0.0749. The SMILES string of the molecule is Nc1nc(NCC2CCC(O)CC2)ccc1[N+](=O)[O-]. The zero-order valence-corrected chi connectivity index (χ0v) is 10.6. The largest absolute Gasteiger partial charge is 0.393 e. The third-order valence-electron chi connectivity index (χ3n) is 3.49. The summed E-state index contributed by atoms with van der Waals surface area (Å²) in [4.78, 5) is 14.0. The Labute approximate surface area is 111 Å². The number of nitro groups is 1. The highest BCUT2D eigenvalue weighted by atomic mass is 16.6. The van der Waals surface area contributed by atoms with E-state index in [-0.39, 0.29) is 17.6 Å². The first kappa shape index (κ1) is 13.5. The molecule has 1 heterocycles. The van der Waals surface area contributed by atoms with Crippen LogP contribution in [0.25, 0.3) is 0 Å². The predicted molar refractivity (Wildman–Crippen MR) is 71.8 cm³/mol. The molecule has 1 fully saturated rings. The van der Waals surface area contributed by atoms with Gasteiger partial charge in [-0.05, 0) is 37.7 Å². The van der Waals surface area contributed by atoms with Crippen LogP contribution in [0.1, 0.15) is 25.7 Å². The van der Waals surface area contributed by atoms with Crippen molar-refractivity contribution in [2.75, 3.05) is 17.6 Å². The van der Waals surface area contributed by atoms with Gasteiger partial charge in [-0.1, -0.05) is 0 Å². The summed E-state index contributed by atoms with van der Waals surface area (Å²) in [5.41, 5.74) is 5.35. The molecule has 0 amide bonds. The lowest BCUT2D eigenvalue weighted by Crippen LogP contribution is -2.23. The van der Waals surface area contributed by atoms with Gasteiger partial charge in [0.1, 0.15) is 5.82 Å². The molecule has 0 saturated heterocycles. The molecule has 0 unspecified atom stereocenters. The quantitative estimate of drug-likeness (QED) is 0.562. The Balaban J connectivity index is 1.89. The maximum Gasteiger partial charge on any atom is 0.311 e. The number of nitrogens with one attached hydrogen (secondary N) is 1. The normalized spacial score (nSPS) is 23.0. The molecule has 1 aromatic heterocycles. The predicted octanol–water partition coefficient (Wildman–Crippen LogP) is 1.53. The van der Waals surface area contributed by atoms with E-state index in [1.54, 1.807) is 6.07 Å². The van der Waals surface area contributed by atoms with E-state index in [2.05, 4.69) is 10.3 Å². The maximum atomic E-state index is 10.6. The number of pyridine rings is 1. The molecule has 0 spiro atoms. The number of anilines is 2. The maximum absolute atomic E-state index is 10.6. The van der Waals surface area contributed by atoms with E-state index in [1.165, 1.54) is 6.07 Å². The summed E-state index contributed by atoms with van der Waals surface area (Å²) in [6, 6.07) is 2.92. The zero-order chi connectivity index (χ0) is 13.8. The standard InChI is InChI=1S/C12H18N4O3/c13-12-10(16(18)19)5-6-11(15-12)14-7-8-1-3-9(17)4-2-8/h5-6,8-9,17H,1-4,7H2,(H3,13,14,15). The minimum Gasteiger partial charge on any atom is -0.393 e. The zero-order valence-electron chi connectivity index (χ0n) is 10.6. The van der Waals surface area contributed by atoms with Crippen LogP contribution in [0.3, 0.4) is 0 Å². The van der Waals surface area contributed by atoms with Gasteiger partial charge in [0.15, 0.2) is 0 Å². The number of nitrogens with two attached hydrogens (primary N) is 1. The molecule has 0 radical (unpaired) electrons. The highest BCUT2D eigenvalue weighted by Gasteiger charge is 2.19. The fourth-order valence-electron chi connectivity index (χ4n) is 2.32. The summed E-state index contributed by atoms with van der Waals surface area (Å²) < 4.78 is 0. The molecule has 104 valence electrons. The highest BCUT2D eigenvalue weighted by Crippen LogP contribution is 2.25. The molecular formula is C12H18N4O3. The van der Waals surface area contributed by atoms with Crippen molar-refractivity contribution in [2.24, 2.45) is 5.92 Å². The Morgan fingerprint density at radius 2 is 2.11 bits per heavy atom. The van der Waals surface area contributed by atoms with Gasteiger partial charge in [-0.2, -0.15) is 0 Å². The third-order valence-corrected chi connectivity index (χ3v) is 3.49. The van der Waals surface area contributed by atoms with Crippen molar-refractivity contribution < 1.29 is 10.0 Å². The molecular weight excluding hydrogens is 248 g/mol. The molecule has 2 rings (SSSR count). The summed E-state index contributed by atoms with van der Waals surface area (Å²) >= 11 is 0. The lowest BCUT2D eigenvalue weighted by molar-refractivity contribution is -0.384. The van der Waals surface area contributed by atoms with Gasteiger partial charge < -0.3 is 16.2 Å². The van der Waals surface area contributed by atoms with Gasteiger partial charge in [0.05, 0.1) is 11.0 Å². The van der Waals surface area contributed by atoms with Crippen LogP contribution in [0.5, 0.6) is 0 Å². The van der Waals surface area contributed by atoms with E-state index >= 15 is 0 Å². The Morgan fingerprint density at radius 1 is 1.42 bits per heavy atom. The van der Waals surface area contributed by atoms with Crippen LogP contribution in [0.2, 0.25) is 0 Å². The summed E-state index contributed by atoms with van der Waals surface area (Å²) in [5.74, 6) is 0.977. The lowest BCUT2D eigenvalue weighted by atomic mass is 9.87. The number of aromatic nitrogens is 1. The van der Waals surface area contributed by atoms with Gasteiger partial charge in [0, 0.05) is 12.6 Å². The first-order valence-electron chi connectivity index (χ1n) is 6.39. The topological polar surface area (TPSA) is 114 Å². The van der Waals surface area contributed by atoms with Crippen LogP contribution < -0.4 is 11.1 Å². The van der Waals surface area contributed by atoms with Crippen LogP contribution in [0.4, 0.5) is 17.3 Å². The smallest absolute Gasteiger partial charge is 0.311 e. The van der Waals surface area contributed by atoms with Gasteiger partial charge >= 0.3 is 5.69 Å². The van der Waals surface area contributed by atoms with E-state index in [0.29, 0.717) is 11.7 Å². The Bertz CT molecular complexity index is 458. The average molecular weight is 266 g/mol. The second-order valence-electron chi connectivity index (χ2n) is 4.91. The number of nitrogen functional groups attached to an aromatic ring is 1. The molecule has 7 nitrogen and oxygen atoms in total. The number of aliphatic hydroxyl groups is 1. The molecule has 19 heavy (non-hydrogen) atoms. The fourth-order valence-corrected chi connectivity index (χ4v) is 2.32. The van der Waals surface area contributed by atoms with Crippen molar-refractivity contribution in [3.63, 3.8) is 0 Å². The van der Waals surface area contributed by atoms with Gasteiger partial charge in [-0.3, -0.25) is 10.1 Å². The van der Waals surface area contributed by atoms with E-state index in [4.69, 9.17) is 5.73 Å². The molecule has 1 aromatic rings. The average Bonchev–Trinajstić information content (AvgIpc) is 2.37. The van der Waals surface area contributed by atoms with Crippen LogP contribution in [-0.2, 0) is 0 Å². The second-order valence-corrected chi connectivity index (χ2v) is 4.91.